The minimum absolute atomic E-state index is 0.0589. The van der Waals surface area contributed by atoms with Crippen molar-refractivity contribution in [3.8, 4) is 5.75 Å². The predicted molar refractivity (Wildman–Crippen MR) is 111 cm³/mol. The van der Waals surface area contributed by atoms with Crippen molar-refractivity contribution in [2.24, 2.45) is 0 Å². The summed E-state index contributed by atoms with van der Waals surface area (Å²) >= 11 is 0. The van der Waals surface area contributed by atoms with Crippen molar-refractivity contribution < 1.29 is 18.8 Å². The first-order valence-corrected chi connectivity index (χ1v) is 10.1. The Labute approximate surface area is 167 Å². The molecule has 2 aromatic carbocycles. The average molecular weight is 381 g/mol. The summed E-state index contributed by atoms with van der Waals surface area (Å²) in [5.41, 5.74) is 0.248. The molecule has 5 nitrogen and oxygen atoms in total. The number of fused-ring (bicyclic) bond motifs is 1. The maximum Gasteiger partial charge on any atom is 0.494 e. The first-order chi connectivity index (χ1) is 13.2. The van der Waals surface area contributed by atoms with E-state index in [4.69, 9.17) is 14.0 Å². The summed E-state index contributed by atoms with van der Waals surface area (Å²) in [6.07, 6.45) is 2.17. The molecule has 6 heteroatoms. The van der Waals surface area contributed by atoms with Crippen LogP contribution in [0.5, 0.6) is 5.75 Å². The zero-order valence-electron chi connectivity index (χ0n) is 17.2. The third-order valence-electron chi connectivity index (χ3n) is 6.18. The highest BCUT2D eigenvalue weighted by atomic mass is 16.7. The third-order valence-corrected chi connectivity index (χ3v) is 6.18. The Balaban J connectivity index is 1.50. The zero-order chi connectivity index (χ0) is 19.9. The molecule has 0 aliphatic carbocycles. The molecule has 2 saturated heterocycles. The van der Waals surface area contributed by atoms with E-state index < -0.39 is 7.12 Å². The second kappa shape index (κ2) is 7.09. The van der Waals surface area contributed by atoms with Crippen molar-refractivity contribution in [2.45, 2.75) is 51.7 Å². The van der Waals surface area contributed by atoms with Gasteiger partial charge in [0.1, 0.15) is 5.75 Å². The van der Waals surface area contributed by atoms with Crippen molar-refractivity contribution >= 4 is 29.3 Å². The van der Waals surface area contributed by atoms with E-state index in [9.17, 15) is 4.79 Å². The average Bonchev–Trinajstić information content (AvgIpc) is 3.25. The molecule has 4 rings (SSSR count). The highest BCUT2D eigenvalue weighted by Crippen LogP contribution is 2.36. The van der Waals surface area contributed by atoms with Gasteiger partial charge in [0.15, 0.2) is 6.61 Å². The molecule has 0 radical (unpaired) electrons. The van der Waals surface area contributed by atoms with Crippen LogP contribution in [0.3, 0.4) is 0 Å². The maximum absolute atomic E-state index is 12.2. The van der Waals surface area contributed by atoms with Crippen LogP contribution in [-0.4, -0.2) is 48.8 Å². The van der Waals surface area contributed by atoms with Crippen LogP contribution in [0.15, 0.2) is 36.4 Å². The van der Waals surface area contributed by atoms with E-state index in [1.54, 1.807) is 0 Å². The summed E-state index contributed by atoms with van der Waals surface area (Å²) < 4.78 is 18.1. The van der Waals surface area contributed by atoms with Gasteiger partial charge in [-0.25, -0.2) is 0 Å². The Morgan fingerprint density at radius 3 is 2.32 bits per heavy atom. The molecule has 1 amide bonds. The zero-order valence-corrected chi connectivity index (χ0v) is 17.2. The molecule has 0 spiro atoms. The lowest BCUT2D eigenvalue weighted by molar-refractivity contribution is -0.132. The standard InChI is InChI=1S/C22H28BNO4/c1-21(2)22(3,4)28-23(27-21)18-9-7-16-8-10-19(14-17(16)13-18)26-15-20(25)24-11-5-6-12-24/h7-10,13-14H,5-6,11-12,15H2,1-4H3. The molecule has 0 N–H and O–H groups in total. The fourth-order valence-electron chi connectivity index (χ4n) is 3.66. The molecule has 2 heterocycles. The SMILES string of the molecule is CC1(C)OB(c2ccc3ccc(OCC(=O)N4CCCC4)cc3c2)OC1(C)C. The molecule has 0 saturated carbocycles. The molecule has 0 unspecified atom stereocenters. The van der Waals surface area contributed by atoms with Crippen LogP contribution < -0.4 is 10.2 Å². The number of carbonyl (C=O) groups excluding carboxylic acids is 1. The predicted octanol–water partition coefficient (Wildman–Crippen LogP) is 3.14. The molecule has 0 atom stereocenters. The number of hydrogen-bond donors (Lipinski definition) is 0. The lowest BCUT2D eigenvalue weighted by Gasteiger charge is -2.32. The van der Waals surface area contributed by atoms with Gasteiger partial charge in [-0.3, -0.25) is 4.79 Å². The van der Waals surface area contributed by atoms with Crippen molar-refractivity contribution in [3.05, 3.63) is 36.4 Å². The van der Waals surface area contributed by atoms with Gasteiger partial charge in [0.25, 0.3) is 5.91 Å². The van der Waals surface area contributed by atoms with Gasteiger partial charge in [0, 0.05) is 13.1 Å². The number of ether oxygens (including phenoxy) is 1. The van der Waals surface area contributed by atoms with E-state index in [2.05, 4.69) is 39.8 Å². The quantitative estimate of drug-likeness (QED) is 0.764. The minimum atomic E-state index is -0.393. The van der Waals surface area contributed by atoms with Gasteiger partial charge in [-0.15, -0.1) is 0 Å². The van der Waals surface area contributed by atoms with E-state index in [1.165, 1.54) is 0 Å². The van der Waals surface area contributed by atoms with E-state index >= 15 is 0 Å². The largest absolute Gasteiger partial charge is 0.494 e. The Hall–Kier alpha value is -2.05. The summed E-state index contributed by atoms with van der Waals surface area (Å²) in [7, 11) is -0.393. The topological polar surface area (TPSA) is 48.0 Å². The van der Waals surface area contributed by atoms with Crippen molar-refractivity contribution in [1.82, 2.24) is 4.90 Å². The van der Waals surface area contributed by atoms with Crippen molar-refractivity contribution in [3.63, 3.8) is 0 Å². The summed E-state index contributed by atoms with van der Waals surface area (Å²) in [4.78, 5) is 14.1. The monoisotopic (exact) mass is 381 g/mol. The van der Waals surface area contributed by atoms with Crippen LogP contribution in [0.2, 0.25) is 0 Å². The lowest BCUT2D eigenvalue weighted by atomic mass is 9.78. The molecule has 28 heavy (non-hydrogen) atoms. The number of likely N-dealkylation sites (tertiary alicyclic amines) is 1. The fraction of sp³-hybridized carbons (Fsp3) is 0.500. The van der Waals surface area contributed by atoms with Gasteiger partial charge < -0.3 is 18.9 Å². The number of hydrogen-bond acceptors (Lipinski definition) is 4. The van der Waals surface area contributed by atoms with Gasteiger partial charge >= 0.3 is 7.12 Å². The summed E-state index contributed by atoms with van der Waals surface area (Å²) in [5.74, 6) is 0.759. The number of nitrogens with zero attached hydrogens (tertiary/aromatic N) is 1. The molecule has 0 bridgehead atoms. The van der Waals surface area contributed by atoms with Gasteiger partial charge in [0.2, 0.25) is 0 Å². The molecular weight excluding hydrogens is 353 g/mol. The van der Waals surface area contributed by atoms with E-state index in [0.717, 1.165) is 42.2 Å². The van der Waals surface area contributed by atoms with Crippen LogP contribution in [0.25, 0.3) is 10.8 Å². The van der Waals surface area contributed by atoms with E-state index in [0.29, 0.717) is 5.75 Å². The van der Waals surface area contributed by atoms with Crippen LogP contribution in [-0.2, 0) is 14.1 Å². The minimum Gasteiger partial charge on any atom is -0.484 e. The summed E-state index contributed by atoms with van der Waals surface area (Å²) in [5, 5.41) is 2.15. The Morgan fingerprint density at radius 1 is 1.00 bits per heavy atom. The Bertz CT molecular complexity index is 873. The van der Waals surface area contributed by atoms with E-state index in [-0.39, 0.29) is 23.7 Å². The van der Waals surface area contributed by atoms with Crippen LogP contribution in [0, 0.1) is 0 Å². The molecule has 148 valence electrons. The smallest absolute Gasteiger partial charge is 0.484 e. The number of benzene rings is 2. The highest BCUT2D eigenvalue weighted by molar-refractivity contribution is 6.62. The second-order valence-corrected chi connectivity index (χ2v) is 8.73. The summed E-state index contributed by atoms with van der Waals surface area (Å²) in [6.45, 7) is 9.99. The second-order valence-electron chi connectivity index (χ2n) is 8.73. The van der Waals surface area contributed by atoms with Gasteiger partial charge in [0.05, 0.1) is 11.2 Å². The lowest BCUT2D eigenvalue weighted by Crippen LogP contribution is -2.41. The highest BCUT2D eigenvalue weighted by Gasteiger charge is 2.51. The number of carbonyl (C=O) groups is 1. The van der Waals surface area contributed by atoms with E-state index in [1.807, 2.05) is 29.2 Å². The Morgan fingerprint density at radius 2 is 1.64 bits per heavy atom. The fourth-order valence-corrected chi connectivity index (χ4v) is 3.66. The van der Waals surface area contributed by atoms with Gasteiger partial charge in [-0.05, 0) is 68.9 Å². The summed E-state index contributed by atoms with van der Waals surface area (Å²) in [6, 6.07) is 12.1. The normalized spacial score (nSPS) is 20.7. The first kappa shape index (κ1) is 19.3. The molecule has 2 fully saturated rings. The van der Waals surface area contributed by atoms with Crippen molar-refractivity contribution in [1.29, 1.82) is 0 Å². The van der Waals surface area contributed by atoms with Crippen LogP contribution >= 0.6 is 0 Å². The molecule has 0 aromatic heterocycles. The van der Waals surface area contributed by atoms with Crippen molar-refractivity contribution in [2.75, 3.05) is 19.7 Å². The molecule has 2 aliphatic rings. The molecule has 2 aromatic rings. The van der Waals surface area contributed by atoms with Crippen LogP contribution in [0.4, 0.5) is 0 Å². The third kappa shape index (κ3) is 3.63. The maximum atomic E-state index is 12.2. The van der Waals surface area contributed by atoms with Gasteiger partial charge in [-0.2, -0.15) is 0 Å². The van der Waals surface area contributed by atoms with Crippen LogP contribution in [0.1, 0.15) is 40.5 Å². The molecule has 2 aliphatic heterocycles. The molecular formula is C22H28BNO4. The number of amides is 1. The number of rotatable bonds is 4. The van der Waals surface area contributed by atoms with Gasteiger partial charge in [-0.1, -0.05) is 24.3 Å². The first-order valence-electron chi connectivity index (χ1n) is 10.1. The Kier molecular flexibility index (Phi) is 4.88.